The molecule has 0 aliphatic rings. The van der Waals surface area contributed by atoms with Crippen LogP contribution in [0.3, 0.4) is 0 Å². The van der Waals surface area contributed by atoms with Crippen molar-refractivity contribution in [1.29, 1.82) is 0 Å². The van der Waals surface area contributed by atoms with Gasteiger partial charge >= 0.3 is 0 Å². The van der Waals surface area contributed by atoms with Crippen LogP contribution in [-0.4, -0.2) is 5.91 Å². The van der Waals surface area contributed by atoms with Gasteiger partial charge in [-0.05, 0) is 12.1 Å². The fraction of sp³-hybridized carbons (Fsp3) is 0.100. The molecule has 0 atom stereocenters. The summed E-state index contributed by atoms with van der Waals surface area (Å²) in [4.78, 5) is 10.5. The molecule has 1 aromatic rings. The number of hydrogen-bond acceptors (Lipinski definition) is 1. The molecular formula is C10H8Br2FNO. The van der Waals surface area contributed by atoms with Gasteiger partial charge in [0.15, 0.2) is 0 Å². The van der Waals surface area contributed by atoms with Gasteiger partial charge in [-0.1, -0.05) is 44.0 Å². The van der Waals surface area contributed by atoms with Crippen LogP contribution in [0.4, 0.5) is 4.39 Å². The van der Waals surface area contributed by atoms with Gasteiger partial charge in [-0.25, -0.2) is 4.39 Å². The molecule has 0 bridgehead atoms. The molecule has 0 heterocycles. The van der Waals surface area contributed by atoms with E-state index in [1.807, 2.05) is 0 Å². The summed E-state index contributed by atoms with van der Waals surface area (Å²) >= 11 is 6.40. The van der Waals surface area contributed by atoms with Gasteiger partial charge in [-0.3, -0.25) is 4.79 Å². The lowest BCUT2D eigenvalue weighted by Crippen LogP contribution is -2.07. The number of carbonyl (C=O) groups excluding carboxylic acids is 1. The van der Waals surface area contributed by atoms with Crippen molar-refractivity contribution in [2.24, 2.45) is 5.73 Å². The second kappa shape index (κ2) is 5.42. The van der Waals surface area contributed by atoms with E-state index < -0.39 is 5.91 Å². The largest absolute Gasteiger partial charge is 0.369 e. The third kappa shape index (κ3) is 3.76. The molecule has 2 N–H and O–H groups in total. The molecule has 15 heavy (non-hydrogen) atoms. The fourth-order valence-electron chi connectivity index (χ4n) is 1.01. The minimum absolute atomic E-state index is 0.0992. The van der Waals surface area contributed by atoms with Crippen molar-refractivity contribution in [3.05, 3.63) is 38.5 Å². The van der Waals surface area contributed by atoms with Crippen molar-refractivity contribution < 1.29 is 9.18 Å². The monoisotopic (exact) mass is 335 g/mol. The van der Waals surface area contributed by atoms with Crippen LogP contribution in [0.2, 0.25) is 0 Å². The molecular weight excluding hydrogens is 329 g/mol. The highest BCUT2D eigenvalue weighted by Crippen LogP contribution is 2.26. The Bertz CT molecular complexity index is 395. The standard InChI is InChI=1S/C10H8Br2FNO/c11-6-4-8(12)7(9(13)5-6)2-1-3-10(14)15/h1-2,4-5H,3H2,(H2,14,15). The molecule has 0 aliphatic carbocycles. The minimum atomic E-state index is -0.445. The molecule has 1 aromatic carbocycles. The molecule has 1 amide bonds. The van der Waals surface area contributed by atoms with Gasteiger partial charge < -0.3 is 5.73 Å². The Balaban J connectivity index is 2.94. The molecule has 0 aromatic heterocycles. The highest BCUT2D eigenvalue weighted by molar-refractivity contribution is 9.11. The third-order valence-electron chi connectivity index (χ3n) is 1.65. The van der Waals surface area contributed by atoms with Crippen molar-refractivity contribution in [3.8, 4) is 0 Å². The number of rotatable bonds is 3. The first-order valence-corrected chi connectivity index (χ1v) is 5.68. The zero-order valence-electron chi connectivity index (χ0n) is 7.64. The fourth-order valence-corrected chi connectivity index (χ4v) is 2.31. The molecule has 0 spiro atoms. The van der Waals surface area contributed by atoms with Gasteiger partial charge in [0.25, 0.3) is 0 Å². The van der Waals surface area contributed by atoms with Crippen LogP contribution in [0.15, 0.2) is 27.2 Å². The smallest absolute Gasteiger partial charge is 0.221 e. The van der Waals surface area contributed by atoms with Gasteiger partial charge in [0.05, 0.1) is 0 Å². The molecule has 0 unspecified atom stereocenters. The Kier molecular flexibility index (Phi) is 4.47. The summed E-state index contributed by atoms with van der Waals surface area (Å²) in [6.45, 7) is 0. The number of primary amides is 1. The van der Waals surface area contributed by atoms with E-state index in [0.29, 0.717) is 14.5 Å². The van der Waals surface area contributed by atoms with Crippen LogP contribution in [0.1, 0.15) is 12.0 Å². The average molecular weight is 337 g/mol. The van der Waals surface area contributed by atoms with E-state index in [-0.39, 0.29) is 12.2 Å². The second-order valence-electron chi connectivity index (χ2n) is 2.86. The van der Waals surface area contributed by atoms with Crippen molar-refractivity contribution in [2.45, 2.75) is 6.42 Å². The third-order valence-corrected chi connectivity index (χ3v) is 2.76. The van der Waals surface area contributed by atoms with E-state index in [9.17, 15) is 9.18 Å². The lowest BCUT2D eigenvalue weighted by Gasteiger charge is -2.01. The maximum atomic E-state index is 13.4. The van der Waals surface area contributed by atoms with Crippen molar-refractivity contribution in [2.75, 3.05) is 0 Å². The second-order valence-corrected chi connectivity index (χ2v) is 4.63. The highest BCUT2D eigenvalue weighted by atomic mass is 79.9. The Morgan fingerprint density at radius 2 is 2.13 bits per heavy atom. The van der Waals surface area contributed by atoms with Gasteiger partial charge in [-0.15, -0.1) is 0 Å². The quantitative estimate of drug-likeness (QED) is 0.904. The van der Waals surface area contributed by atoms with Crippen molar-refractivity contribution >= 4 is 43.8 Å². The predicted octanol–water partition coefficient (Wildman–Crippen LogP) is 3.24. The summed E-state index contributed by atoms with van der Waals surface area (Å²) in [5, 5.41) is 0. The van der Waals surface area contributed by atoms with Crippen molar-refractivity contribution in [1.82, 2.24) is 0 Å². The topological polar surface area (TPSA) is 43.1 Å². The zero-order valence-corrected chi connectivity index (χ0v) is 10.8. The van der Waals surface area contributed by atoms with E-state index >= 15 is 0 Å². The number of benzene rings is 1. The highest BCUT2D eigenvalue weighted by Gasteiger charge is 2.05. The Hall–Kier alpha value is -0.680. The summed E-state index contributed by atoms with van der Waals surface area (Å²) in [6.07, 6.45) is 3.15. The van der Waals surface area contributed by atoms with Crippen LogP contribution in [0.25, 0.3) is 6.08 Å². The molecule has 1 rings (SSSR count). The van der Waals surface area contributed by atoms with Gasteiger partial charge in [0.1, 0.15) is 5.82 Å². The summed E-state index contributed by atoms with van der Waals surface area (Å²) in [7, 11) is 0. The lowest BCUT2D eigenvalue weighted by atomic mass is 10.2. The lowest BCUT2D eigenvalue weighted by molar-refractivity contribution is -0.117. The first-order valence-electron chi connectivity index (χ1n) is 4.10. The maximum Gasteiger partial charge on any atom is 0.221 e. The van der Waals surface area contributed by atoms with Crippen molar-refractivity contribution in [3.63, 3.8) is 0 Å². The van der Waals surface area contributed by atoms with Crippen LogP contribution >= 0.6 is 31.9 Å². The van der Waals surface area contributed by atoms with Gasteiger partial charge in [0.2, 0.25) is 5.91 Å². The van der Waals surface area contributed by atoms with Gasteiger partial charge in [0, 0.05) is 20.9 Å². The van der Waals surface area contributed by atoms with Gasteiger partial charge in [-0.2, -0.15) is 0 Å². The predicted molar refractivity (Wildman–Crippen MR) is 64.6 cm³/mol. The summed E-state index contributed by atoms with van der Waals surface area (Å²) in [6, 6.07) is 3.09. The van der Waals surface area contributed by atoms with E-state index in [4.69, 9.17) is 5.73 Å². The normalized spacial score (nSPS) is 10.9. The molecule has 5 heteroatoms. The summed E-state index contributed by atoms with van der Waals surface area (Å²) in [5.74, 6) is -0.808. The first kappa shape index (κ1) is 12.4. The molecule has 0 saturated carbocycles. The first-order chi connectivity index (χ1) is 7.00. The number of carbonyl (C=O) groups is 1. The number of nitrogens with two attached hydrogens (primary N) is 1. The van der Waals surface area contributed by atoms with Crippen LogP contribution in [-0.2, 0) is 4.79 Å². The van der Waals surface area contributed by atoms with E-state index in [0.717, 1.165) is 0 Å². The SMILES string of the molecule is NC(=O)CC=Cc1c(F)cc(Br)cc1Br. The maximum absolute atomic E-state index is 13.4. The van der Waals surface area contributed by atoms with E-state index in [1.54, 1.807) is 6.07 Å². The molecule has 2 nitrogen and oxygen atoms in total. The molecule has 0 radical (unpaired) electrons. The Morgan fingerprint density at radius 1 is 1.47 bits per heavy atom. The molecule has 80 valence electrons. The minimum Gasteiger partial charge on any atom is -0.369 e. The van der Waals surface area contributed by atoms with Crippen LogP contribution in [0, 0.1) is 5.82 Å². The summed E-state index contributed by atoms with van der Waals surface area (Å²) in [5.41, 5.74) is 5.36. The van der Waals surface area contributed by atoms with E-state index in [2.05, 4.69) is 31.9 Å². The zero-order chi connectivity index (χ0) is 11.4. The molecule has 0 aliphatic heterocycles. The molecule has 0 saturated heterocycles. The Labute approximate surface area is 104 Å². The summed E-state index contributed by atoms with van der Waals surface area (Å²) < 4.78 is 14.7. The average Bonchev–Trinajstić information content (AvgIpc) is 2.08. The molecule has 0 fully saturated rings. The van der Waals surface area contributed by atoms with E-state index in [1.165, 1.54) is 18.2 Å². The Morgan fingerprint density at radius 3 is 2.67 bits per heavy atom. The number of amides is 1. The van der Waals surface area contributed by atoms with Crippen LogP contribution < -0.4 is 5.73 Å². The number of halogens is 3. The van der Waals surface area contributed by atoms with Crippen LogP contribution in [0.5, 0.6) is 0 Å². The number of hydrogen-bond donors (Lipinski definition) is 1.